The SMILES string of the molecule is CCC(=O)N(C)C(c1nc(-c2cc(F)ccc2F)cn1Cc1ccccc1)C1CCOCC1. The van der Waals surface area contributed by atoms with Crippen LogP contribution in [0.25, 0.3) is 11.3 Å². The zero-order valence-electron chi connectivity index (χ0n) is 19.0. The predicted octanol–water partition coefficient (Wildman–Crippen LogP) is 5.21. The number of carbonyl (C=O) groups is 1. The van der Waals surface area contributed by atoms with Crippen molar-refractivity contribution in [3.8, 4) is 11.3 Å². The van der Waals surface area contributed by atoms with Crippen LogP contribution < -0.4 is 0 Å². The molecule has 0 bridgehead atoms. The van der Waals surface area contributed by atoms with Gasteiger partial charge in [0.1, 0.15) is 17.5 Å². The van der Waals surface area contributed by atoms with Crippen molar-refractivity contribution in [1.29, 1.82) is 0 Å². The number of halogens is 2. The lowest BCUT2D eigenvalue weighted by Gasteiger charge is -2.36. The molecule has 4 rings (SSSR count). The predicted molar refractivity (Wildman–Crippen MR) is 122 cm³/mol. The first kappa shape index (κ1) is 23.1. The summed E-state index contributed by atoms with van der Waals surface area (Å²) in [7, 11) is 1.80. The summed E-state index contributed by atoms with van der Waals surface area (Å²) in [5.41, 5.74) is 1.52. The quantitative estimate of drug-likeness (QED) is 0.493. The van der Waals surface area contributed by atoms with E-state index in [9.17, 15) is 13.6 Å². The van der Waals surface area contributed by atoms with E-state index >= 15 is 0 Å². The van der Waals surface area contributed by atoms with Gasteiger partial charge in [-0.2, -0.15) is 0 Å². The van der Waals surface area contributed by atoms with Crippen molar-refractivity contribution < 1.29 is 18.3 Å². The maximum atomic E-state index is 14.6. The Morgan fingerprint density at radius 2 is 1.91 bits per heavy atom. The maximum Gasteiger partial charge on any atom is 0.222 e. The highest BCUT2D eigenvalue weighted by Gasteiger charge is 2.34. The van der Waals surface area contributed by atoms with Gasteiger partial charge in [-0.1, -0.05) is 37.3 Å². The van der Waals surface area contributed by atoms with E-state index in [2.05, 4.69) is 0 Å². The number of hydrogen-bond donors (Lipinski definition) is 0. The fourth-order valence-electron chi connectivity index (χ4n) is 4.53. The molecule has 7 heteroatoms. The van der Waals surface area contributed by atoms with Gasteiger partial charge in [-0.3, -0.25) is 4.79 Å². The van der Waals surface area contributed by atoms with Gasteiger partial charge in [-0.25, -0.2) is 13.8 Å². The Hall–Kier alpha value is -3.06. The van der Waals surface area contributed by atoms with Crippen molar-refractivity contribution in [1.82, 2.24) is 14.5 Å². The minimum Gasteiger partial charge on any atom is -0.381 e. The van der Waals surface area contributed by atoms with Crippen molar-refractivity contribution in [3.63, 3.8) is 0 Å². The van der Waals surface area contributed by atoms with E-state index in [4.69, 9.17) is 9.72 Å². The number of amides is 1. The highest BCUT2D eigenvalue weighted by atomic mass is 19.1. The third-order valence-electron chi connectivity index (χ3n) is 6.30. The number of hydrogen-bond acceptors (Lipinski definition) is 3. The summed E-state index contributed by atoms with van der Waals surface area (Å²) in [5, 5.41) is 0. The topological polar surface area (TPSA) is 47.4 Å². The molecule has 1 atom stereocenters. The van der Waals surface area contributed by atoms with Gasteiger partial charge in [0.2, 0.25) is 5.91 Å². The van der Waals surface area contributed by atoms with Crippen LogP contribution >= 0.6 is 0 Å². The number of ether oxygens (including phenoxy) is 1. The summed E-state index contributed by atoms with van der Waals surface area (Å²) in [6, 6.07) is 13.0. The standard InChI is InChI=1S/C26H29F2N3O2/c1-3-24(32)30(2)25(19-11-13-33-14-12-19)26-29-23(21-15-20(27)9-10-22(21)28)17-31(26)16-18-7-5-4-6-8-18/h4-10,15,17,19,25H,3,11-14,16H2,1-2H3. The van der Waals surface area contributed by atoms with E-state index in [0.717, 1.165) is 30.5 Å². The molecule has 1 unspecified atom stereocenters. The molecule has 0 spiro atoms. The Balaban J connectivity index is 1.84. The molecule has 2 heterocycles. The molecule has 3 aromatic rings. The molecule has 0 aliphatic carbocycles. The Kier molecular flexibility index (Phi) is 7.18. The van der Waals surface area contributed by atoms with E-state index < -0.39 is 11.6 Å². The van der Waals surface area contributed by atoms with Gasteiger partial charge in [0.05, 0.1) is 11.7 Å². The summed E-state index contributed by atoms with van der Waals surface area (Å²) >= 11 is 0. The van der Waals surface area contributed by atoms with E-state index in [1.54, 1.807) is 18.1 Å². The van der Waals surface area contributed by atoms with E-state index in [-0.39, 0.29) is 23.4 Å². The van der Waals surface area contributed by atoms with Gasteiger partial charge in [0, 0.05) is 45.0 Å². The smallest absolute Gasteiger partial charge is 0.222 e. The van der Waals surface area contributed by atoms with Crippen LogP contribution in [0.5, 0.6) is 0 Å². The van der Waals surface area contributed by atoms with Crippen LogP contribution in [-0.4, -0.2) is 40.6 Å². The molecular weight excluding hydrogens is 424 g/mol. The Bertz CT molecular complexity index is 1090. The Labute approximate surface area is 193 Å². The van der Waals surface area contributed by atoms with Crippen LogP contribution in [0.2, 0.25) is 0 Å². The zero-order chi connectivity index (χ0) is 23.4. The highest BCUT2D eigenvalue weighted by Crippen LogP contribution is 2.36. The molecule has 1 aliphatic heterocycles. The lowest BCUT2D eigenvalue weighted by molar-refractivity contribution is -0.134. The number of benzene rings is 2. The Morgan fingerprint density at radius 3 is 2.61 bits per heavy atom. The first-order valence-corrected chi connectivity index (χ1v) is 11.4. The van der Waals surface area contributed by atoms with Gasteiger partial charge in [-0.05, 0) is 42.5 Å². The van der Waals surface area contributed by atoms with Gasteiger partial charge >= 0.3 is 0 Å². The van der Waals surface area contributed by atoms with Gasteiger partial charge < -0.3 is 14.2 Å². The molecule has 1 aromatic heterocycles. The fraction of sp³-hybridized carbons (Fsp3) is 0.385. The third-order valence-corrected chi connectivity index (χ3v) is 6.30. The van der Waals surface area contributed by atoms with E-state index in [0.29, 0.717) is 37.7 Å². The third kappa shape index (κ3) is 5.14. The number of aromatic nitrogens is 2. The van der Waals surface area contributed by atoms with Crippen LogP contribution in [0.15, 0.2) is 54.7 Å². The second-order valence-electron chi connectivity index (χ2n) is 8.47. The summed E-state index contributed by atoms with van der Waals surface area (Å²) < 4.78 is 36.1. The molecule has 5 nitrogen and oxygen atoms in total. The minimum atomic E-state index is -0.534. The van der Waals surface area contributed by atoms with E-state index in [1.807, 2.05) is 41.8 Å². The van der Waals surface area contributed by atoms with Gasteiger partial charge in [-0.15, -0.1) is 0 Å². The summed E-state index contributed by atoms with van der Waals surface area (Å²) in [5.74, 6) is -0.216. The first-order chi connectivity index (χ1) is 16.0. The van der Waals surface area contributed by atoms with Crippen molar-refractivity contribution in [3.05, 3.63) is 77.8 Å². The molecule has 2 aromatic carbocycles. The van der Waals surface area contributed by atoms with Gasteiger partial charge in [0.15, 0.2) is 0 Å². The first-order valence-electron chi connectivity index (χ1n) is 11.4. The van der Waals surface area contributed by atoms with E-state index in [1.165, 1.54) is 6.07 Å². The summed E-state index contributed by atoms with van der Waals surface area (Å²) in [4.78, 5) is 19.3. The van der Waals surface area contributed by atoms with Crippen molar-refractivity contribution in [2.24, 2.45) is 5.92 Å². The second-order valence-corrected chi connectivity index (χ2v) is 8.47. The number of nitrogens with zero attached hydrogens (tertiary/aromatic N) is 3. The highest BCUT2D eigenvalue weighted by molar-refractivity contribution is 5.76. The lowest BCUT2D eigenvalue weighted by atomic mass is 9.89. The maximum absolute atomic E-state index is 14.6. The molecule has 1 fully saturated rings. The average Bonchev–Trinajstić information content (AvgIpc) is 3.24. The number of carbonyl (C=O) groups excluding carboxylic acids is 1. The normalized spacial score (nSPS) is 15.4. The molecule has 0 saturated carbocycles. The number of imidazole rings is 1. The molecule has 1 aliphatic rings. The van der Waals surface area contributed by atoms with Crippen LogP contribution in [-0.2, 0) is 16.1 Å². The monoisotopic (exact) mass is 453 g/mol. The molecule has 33 heavy (non-hydrogen) atoms. The van der Waals surface area contributed by atoms with Crippen molar-refractivity contribution >= 4 is 5.91 Å². The van der Waals surface area contributed by atoms with Crippen LogP contribution in [0.3, 0.4) is 0 Å². The zero-order valence-corrected chi connectivity index (χ0v) is 19.0. The molecule has 1 saturated heterocycles. The van der Waals surface area contributed by atoms with Crippen LogP contribution in [0.4, 0.5) is 8.78 Å². The van der Waals surface area contributed by atoms with Crippen LogP contribution in [0.1, 0.15) is 43.6 Å². The summed E-state index contributed by atoms with van der Waals surface area (Å²) in [6.45, 7) is 3.60. The molecule has 0 N–H and O–H groups in total. The van der Waals surface area contributed by atoms with Crippen LogP contribution in [0, 0.1) is 17.6 Å². The molecule has 0 radical (unpaired) electrons. The molecule has 1 amide bonds. The Morgan fingerprint density at radius 1 is 1.18 bits per heavy atom. The lowest BCUT2D eigenvalue weighted by Crippen LogP contribution is -2.39. The largest absolute Gasteiger partial charge is 0.381 e. The van der Waals surface area contributed by atoms with Gasteiger partial charge in [0.25, 0.3) is 0 Å². The average molecular weight is 454 g/mol. The van der Waals surface area contributed by atoms with Crippen molar-refractivity contribution in [2.75, 3.05) is 20.3 Å². The fourth-order valence-corrected chi connectivity index (χ4v) is 4.53. The minimum absolute atomic E-state index is 0.0132. The number of rotatable bonds is 7. The molecular formula is C26H29F2N3O2. The van der Waals surface area contributed by atoms with Crippen molar-refractivity contribution in [2.45, 2.75) is 38.8 Å². The molecule has 174 valence electrons. The summed E-state index contributed by atoms with van der Waals surface area (Å²) in [6.07, 6.45) is 3.74. The second kappa shape index (κ2) is 10.3.